The van der Waals surface area contributed by atoms with Crippen LogP contribution in [0, 0.1) is 0 Å². The summed E-state index contributed by atoms with van der Waals surface area (Å²) in [7, 11) is -0.108. The van der Waals surface area contributed by atoms with E-state index in [1.807, 2.05) is 7.11 Å². The number of benzene rings is 2. The van der Waals surface area contributed by atoms with E-state index in [0.717, 1.165) is 0 Å². The largest absolute Gasteiger partial charge is 0.413 e. The summed E-state index contributed by atoms with van der Waals surface area (Å²) >= 11 is 0. The number of hydrogen-bond acceptors (Lipinski definition) is 3. The maximum absolute atomic E-state index is 6.47. The monoisotopic (exact) mass is 455 g/mol. The summed E-state index contributed by atoms with van der Waals surface area (Å²) in [6, 6.07) is 23.9. The Labute approximate surface area is 193 Å². The van der Waals surface area contributed by atoms with Crippen LogP contribution >= 0.6 is 0 Å². The Kier molecular flexibility index (Phi) is 10.5. The van der Waals surface area contributed by atoms with Crippen molar-refractivity contribution in [2.75, 3.05) is 20.2 Å². The second-order valence-corrected chi connectivity index (χ2v) is 14.4. The van der Waals surface area contributed by atoms with Gasteiger partial charge < -0.3 is 13.4 Å². The molecule has 0 bridgehead atoms. The molecule has 0 aromatic heterocycles. The molecule has 3 nitrogen and oxygen atoms in total. The highest BCUT2D eigenvalue weighted by atomic mass is 28.4. The summed E-state index contributed by atoms with van der Waals surface area (Å²) in [6.45, 7) is 4.89. The zero-order chi connectivity index (χ0) is 21.8. The van der Waals surface area contributed by atoms with Crippen LogP contribution in [0.1, 0.15) is 62.2 Å². The number of unbranched alkanes of at least 4 members (excludes halogenated alkanes) is 5. The van der Waals surface area contributed by atoms with E-state index in [9.17, 15) is 0 Å². The standard InChI is InChI=1S/C26H41NO2Si2/c1-28-31(2)23-15-21-27(31)20-13-5-3-4-6-14-22-30-29-26(24-16-9-7-10-17-24)25-18-11-8-12-19-25/h7-12,16-19,26H,3-6,13-15,20-23,30H2,1-2H3. The molecule has 2 aromatic rings. The van der Waals surface area contributed by atoms with Crippen molar-refractivity contribution >= 4 is 18.2 Å². The molecule has 0 saturated carbocycles. The van der Waals surface area contributed by atoms with Crippen LogP contribution in [0.2, 0.25) is 18.6 Å². The van der Waals surface area contributed by atoms with E-state index in [0.29, 0.717) is 0 Å². The molecule has 1 unspecified atom stereocenters. The summed E-state index contributed by atoms with van der Waals surface area (Å²) in [5.74, 6) is 0. The van der Waals surface area contributed by atoms with Crippen molar-refractivity contribution in [1.29, 1.82) is 0 Å². The van der Waals surface area contributed by atoms with Crippen LogP contribution in [0.3, 0.4) is 0 Å². The minimum atomic E-state index is -1.51. The Morgan fingerprint density at radius 2 is 1.45 bits per heavy atom. The van der Waals surface area contributed by atoms with Crippen LogP contribution in [0.15, 0.2) is 60.7 Å². The van der Waals surface area contributed by atoms with Gasteiger partial charge in [-0.2, -0.15) is 0 Å². The van der Waals surface area contributed by atoms with E-state index in [-0.39, 0.29) is 6.10 Å². The predicted molar refractivity (Wildman–Crippen MR) is 136 cm³/mol. The van der Waals surface area contributed by atoms with Crippen LogP contribution in [0.5, 0.6) is 0 Å². The SMILES string of the molecule is CO[Si]1(C)CCCN1CCCCCCCC[SiH2]OC(c1ccccc1)c1ccccc1. The number of rotatable bonds is 14. The Morgan fingerprint density at radius 1 is 0.871 bits per heavy atom. The van der Waals surface area contributed by atoms with Gasteiger partial charge in [0.1, 0.15) is 0 Å². The second-order valence-electron chi connectivity index (χ2n) is 9.02. The van der Waals surface area contributed by atoms with E-state index in [2.05, 4.69) is 71.8 Å². The van der Waals surface area contributed by atoms with Gasteiger partial charge in [-0.05, 0) is 55.7 Å². The van der Waals surface area contributed by atoms with Crippen molar-refractivity contribution in [3.63, 3.8) is 0 Å². The fraction of sp³-hybridized carbons (Fsp3) is 0.538. The number of nitrogens with zero attached hydrogens (tertiary/aromatic N) is 1. The molecule has 1 saturated heterocycles. The first-order valence-electron chi connectivity index (χ1n) is 12.2. The summed E-state index contributed by atoms with van der Waals surface area (Å²) in [5.41, 5.74) is 2.54. The van der Waals surface area contributed by atoms with Gasteiger partial charge in [-0.1, -0.05) is 92.8 Å². The molecule has 3 rings (SSSR count). The molecule has 0 spiro atoms. The van der Waals surface area contributed by atoms with Gasteiger partial charge in [-0.3, -0.25) is 0 Å². The first kappa shape index (κ1) is 24.4. The van der Waals surface area contributed by atoms with E-state index in [1.54, 1.807) is 0 Å². The third-order valence-electron chi connectivity index (χ3n) is 6.74. The first-order valence-corrected chi connectivity index (χ1v) is 16.4. The van der Waals surface area contributed by atoms with Crippen molar-refractivity contribution in [2.45, 2.75) is 69.7 Å². The van der Waals surface area contributed by atoms with Crippen LogP contribution in [0.4, 0.5) is 0 Å². The van der Waals surface area contributed by atoms with Crippen molar-refractivity contribution < 1.29 is 8.85 Å². The van der Waals surface area contributed by atoms with E-state index < -0.39 is 18.2 Å². The van der Waals surface area contributed by atoms with Crippen LogP contribution in [-0.4, -0.2) is 43.0 Å². The lowest BCUT2D eigenvalue weighted by atomic mass is 10.0. The number of hydrogen-bond donors (Lipinski definition) is 0. The highest BCUT2D eigenvalue weighted by Crippen LogP contribution is 2.27. The second kappa shape index (κ2) is 13.3. The molecule has 0 N–H and O–H groups in total. The Morgan fingerprint density at radius 3 is 2.06 bits per heavy atom. The average Bonchev–Trinajstić information content (AvgIpc) is 3.19. The molecule has 1 heterocycles. The first-order chi connectivity index (χ1) is 15.2. The minimum absolute atomic E-state index is 0.0981. The topological polar surface area (TPSA) is 21.7 Å². The van der Waals surface area contributed by atoms with Gasteiger partial charge in [0, 0.05) is 7.11 Å². The van der Waals surface area contributed by atoms with Crippen LogP contribution in [0.25, 0.3) is 0 Å². The van der Waals surface area contributed by atoms with Crippen LogP contribution in [-0.2, 0) is 8.85 Å². The van der Waals surface area contributed by atoms with Gasteiger partial charge in [0.15, 0.2) is 9.76 Å². The predicted octanol–water partition coefficient (Wildman–Crippen LogP) is 6.06. The molecule has 0 aliphatic carbocycles. The molecule has 1 aliphatic rings. The lowest BCUT2D eigenvalue weighted by Crippen LogP contribution is -2.48. The molecular formula is C26H41NO2Si2. The van der Waals surface area contributed by atoms with Crippen LogP contribution < -0.4 is 0 Å². The smallest absolute Gasteiger partial charge is 0.267 e. The molecule has 1 aliphatic heterocycles. The Bertz CT molecular complexity index is 691. The van der Waals surface area contributed by atoms with Crippen molar-refractivity contribution in [1.82, 2.24) is 4.57 Å². The molecule has 2 aromatic carbocycles. The molecule has 1 atom stereocenters. The fourth-order valence-corrected chi connectivity index (χ4v) is 8.90. The normalized spacial score (nSPS) is 19.7. The summed E-state index contributed by atoms with van der Waals surface area (Å²) in [5, 5.41) is 0. The highest BCUT2D eigenvalue weighted by Gasteiger charge is 2.39. The molecule has 1 fully saturated rings. The molecule has 0 radical (unpaired) electrons. The van der Waals surface area contributed by atoms with E-state index in [4.69, 9.17) is 8.85 Å². The molecular weight excluding hydrogens is 414 g/mol. The van der Waals surface area contributed by atoms with Crippen molar-refractivity contribution in [2.24, 2.45) is 0 Å². The summed E-state index contributed by atoms with van der Waals surface area (Å²) in [6.07, 6.45) is 9.54. The van der Waals surface area contributed by atoms with Gasteiger partial charge in [0.05, 0.1) is 6.10 Å². The third kappa shape index (κ3) is 7.68. The molecule has 170 valence electrons. The van der Waals surface area contributed by atoms with E-state index in [1.165, 1.54) is 81.3 Å². The lowest BCUT2D eigenvalue weighted by molar-refractivity contribution is 0.260. The van der Waals surface area contributed by atoms with Crippen molar-refractivity contribution in [3.8, 4) is 0 Å². The zero-order valence-electron chi connectivity index (χ0n) is 19.6. The third-order valence-corrected chi connectivity index (χ3v) is 12.0. The summed E-state index contributed by atoms with van der Waals surface area (Å²) in [4.78, 5) is 0. The Balaban J connectivity index is 1.27. The summed E-state index contributed by atoms with van der Waals surface area (Å²) < 4.78 is 15.0. The Hall–Kier alpha value is -1.25. The maximum Gasteiger partial charge on any atom is 0.267 e. The minimum Gasteiger partial charge on any atom is -0.413 e. The van der Waals surface area contributed by atoms with Gasteiger partial charge in [0.2, 0.25) is 0 Å². The van der Waals surface area contributed by atoms with E-state index >= 15 is 0 Å². The highest BCUT2D eigenvalue weighted by molar-refractivity contribution is 6.70. The van der Waals surface area contributed by atoms with Gasteiger partial charge in [-0.15, -0.1) is 0 Å². The molecule has 31 heavy (non-hydrogen) atoms. The fourth-order valence-electron chi connectivity index (χ4n) is 4.70. The molecule has 5 heteroatoms. The maximum atomic E-state index is 6.47. The molecule has 0 amide bonds. The quantitative estimate of drug-likeness (QED) is 0.255. The van der Waals surface area contributed by atoms with Gasteiger partial charge in [-0.25, -0.2) is 0 Å². The van der Waals surface area contributed by atoms with Crippen molar-refractivity contribution in [3.05, 3.63) is 71.8 Å². The zero-order valence-corrected chi connectivity index (χ0v) is 22.0. The lowest BCUT2D eigenvalue weighted by Gasteiger charge is -2.31. The average molecular weight is 456 g/mol. The van der Waals surface area contributed by atoms with Gasteiger partial charge >= 0.3 is 0 Å². The van der Waals surface area contributed by atoms with Gasteiger partial charge in [0.25, 0.3) is 8.48 Å².